The Balaban J connectivity index is 2.92. The molecular weight excluding hydrogens is 257 g/mol. The molecule has 3 nitrogen and oxygen atoms in total. The van der Waals surface area contributed by atoms with Gasteiger partial charge in [0.05, 0.1) is 5.56 Å². The highest BCUT2D eigenvalue weighted by molar-refractivity contribution is 5.78. The zero-order valence-electron chi connectivity index (χ0n) is 10.9. The Kier molecular flexibility index (Phi) is 4.94. The predicted octanol–water partition coefficient (Wildman–Crippen LogP) is 2.26. The molecule has 1 amide bonds. The number of alkyl halides is 3. The molecule has 1 atom stereocenters. The van der Waals surface area contributed by atoms with E-state index in [2.05, 4.69) is 0 Å². The first-order valence-electron chi connectivity index (χ1n) is 5.87. The molecule has 0 saturated carbocycles. The Bertz CT molecular complexity index is 446. The van der Waals surface area contributed by atoms with Crippen LogP contribution >= 0.6 is 0 Å². The van der Waals surface area contributed by atoms with Gasteiger partial charge in [0.25, 0.3) is 0 Å². The van der Waals surface area contributed by atoms with Crippen molar-refractivity contribution < 1.29 is 18.0 Å². The number of amides is 1. The van der Waals surface area contributed by atoms with Crippen molar-refractivity contribution in [2.45, 2.75) is 19.6 Å². The van der Waals surface area contributed by atoms with Gasteiger partial charge in [-0.2, -0.15) is 13.2 Å². The predicted molar refractivity (Wildman–Crippen MR) is 66.1 cm³/mol. The Morgan fingerprint density at radius 1 is 1.37 bits per heavy atom. The summed E-state index contributed by atoms with van der Waals surface area (Å²) in [6.45, 7) is 1.73. The first-order chi connectivity index (χ1) is 8.77. The molecule has 0 aromatic heterocycles. The standard InChI is InChI=1S/C13H17F3N2O/c1-9(7-17)12(19)18(2)8-10-5-3-4-6-11(10)13(14,15)16/h3-6,9H,7-8,17H2,1-2H3. The topological polar surface area (TPSA) is 46.3 Å². The van der Waals surface area contributed by atoms with Crippen molar-refractivity contribution in [3.8, 4) is 0 Å². The van der Waals surface area contributed by atoms with Gasteiger partial charge in [-0.05, 0) is 11.6 Å². The fourth-order valence-electron chi connectivity index (χ4n) is 1.75. The van der Waals surface area contributed by atoms with Gasteiger partial charge in [0.1, 0.15) is 0 Å². The van der Waals surface area contributed by atoms with Crippen molar-refractivity contribution in [1.82, 2.24) is 4.90 Å². The molecule has 1 rings (SSSR count). The van der Waals surface area contributed by atoms with E-state index < -0.39 is 17.7 Å². The number of nitrogens with zero attached hydrogens (tertiary/aromatic N) is 1. The first-order valence-corrected chi connectivity index (χ1v) is 5.87. The lowest BCUT2D eigenvalue weighted by atomic mass is 10.1. The summed E-state index contributed by atoms with van der Waals surface area (Å²) in [5, 5.41) is 0. The van der Waals surface area contributed by atoms with E-state index in [-0.39, 0.29) is 24.6 Å². The van der Waals surface area contributed by atoms with E-state index in [4.69, 9.17) is 5.73 Å². The molecule has 0 aliphatic heterocycles. The van der Waals surface area contributed by atoms with Gasteiger partial charge in [-0.15, -0.1) is 0 Å². The van der Waals surface area contributed by atoms with Crippen LogP contribution in [0.4, 0.5) is 13.2 Å². The van der Waals surface area contributed by atoms with E-state index in [1.807, 2.05) is 0 Å². The number of carbonyl (C=O) groups is 1. The molecule has 0 bridgehead atoms. The number of halogens is 3. The molecule has 0 aliphatic rings. The van der Waals surface area contributed by atoms with Crippen molar-refractivity contribution >= 4 is 5.91 Å². The lowest BCUT2D eigenvalue weighted by molar-refractivity contribution is -0.140. The van der Waals surface area contributed by atoms with Gasteiger partial charge in [-0.1, -0.05) is 25.1 Å². The summed E-state index contributed by atoms with van der Waals surface area (Å²) < 4.78 is 38.4. The minimum atomic E-state index is -4.42. The van der Waals surface area contributed by atoms with Gasteiger partial charge in [-0.3, -0.25) is 4.79 Å². The number of carbonyl (C=O) groups excluding carboxylic acids is 1. The van der Waals surface area contributed by atoms with Crippen LogP contribution in [0.5, 0.6) is 0 Å². The molecule has 1 aromatic carbocycles. The normalized spacial score (nSPS) is 13.2. The molecule has 0 radical (unpaired) electrons. The van der Waals surface area contributed by atoms with Crippen LogP contribution in [0.2, 0.25) is 0 Å². The van der Waals surface area contributed by atoms with E-state index in [1.165, 1.54) is 30.1 Å². The highest BCUT2D eigenvalue weighted by atomic mass is 19.4. The number of hydrogen-bond donors (Lipinski definition) is 1. The van der Waals surface area contributed by atoms with E-state index in [1.54, 1.807) is 6.92 Å². The lowest BCUT2D eigenvalue weighted by Crippen LogP contribution is -2.35. The van der Waals surface area contributed by atoms with Gasteiger partial charge < -0.3 is 10.6 Å². The molecule has 0 spiro atoms. The quantitative estimate of drug-likeness (QED) is 0.915. The molecule has 2 N–H and O–H groups in total. The summed E-state index contributed by atoms with van der Waals surface area (Å²) in [5.41, 5.74) is 4.74. The monoisotopic (exact) mass is 274 g/mol. The van der Waals surface area contributed by atoms with Crippen LogP contribution in [0.25, 0.3) is 0 Å². The smallest absolute Gasteiger partial charge is 0.341 e. The first kappa shape index (κ1) is 15.5. The van der Waals surface area contributed by atoms with Crippen LogP contribution in [-0.4, -0.2) is 24.4 Å². The number of nitrogens with two attached hydrogens (primary N) is 1. The minimum Gasteiger partial charge on any atom is -0.341 e. The third kappa shape index (κ3) is 3.96. The molecule has 0 heterocycles. The maximum Gasteiger partial charge on any atom is 0.416 e. The van der Waals surface area contributed by atoms with Gasteiger partial charge in [-0.25, -0.2) is 0 Å². The molecular formula is C13H17F3N2O. The average molecular weight is 274 g/mol. The largest absolute Gasteiger partial charge is 0.416 e. The number of benzene rings is 1. The third-order valence-corrected chi connectivity index (χ3v) is 2.88. The third-order valence-electron chi connectivity index (χ3n) is 2.88. The fraction of sp³-hybridized carbons (Fsp3) is 0.462. The van der Waals surface area contributed by atoms with Crippen molar-refractivity contribution in [3.05, 3.63) is 35.4 Å². The van der Waals surface area contributed by atoms with Crippen LogP contribution in [0.1, 0.15) is 18.1 Å². The molecule has 0 saturated heterocycles. The lowest BCUT2D eigenvalue weighted by Gasteiger charge is -2.22. The fourth-order valence-corrected chi connectivity index (χ4v) is 1.75. The zero-order chi connectivity index (χ0) is 14.6. The van der Waals surface area contributed by atoms with E-state index >= 15 is 0 Å². The summed E-state index contributed by atoms with van der Waals surface area (Å²) in [5.74, 6) is -0.664. The van der Waals surface area contributed by atoms with Gasteiger partial charge in [0.15, 0.2) is 0 Å². The minimum absolute atomic E-state index is 0.0788. The highest BCUT2D eigenvalue weighted by Gasteiger charge is 2.33. The summed E-state index contributed by atoms with van der Waals surface area (Å²) in [6.07, 6.45) is -4.42. The SMILES string of the molecule is CC(CN)C(=O)N(C)Cc1ccccc1C(F)(F)F. The van der Waals surface area contributed by atoms with Crippen LogP contribution in [0, 0.1) is 5.92 Å². The van der Waals surface area contributed by atoms with Crippen LogP contribution in [0.3, 0.4) is 0 Å². The maximum absolute atomic E-state index is 12.8. The van der Waals surface area contributed by atoms with Crippen molar-refractivity contribution in [2.75, 3.05) is 13.6 Å². The highest BCUT2D eigenvalue weighted by Crippen LogP contribution is 2.32. The second-order valence-corrected chi connectivity index (χ2v) is 4.49. The molecule has 0 aliphatic carbocycles. The zero-order valence-corrected chi connectivity index (χ0v) is 10.9. The summed E-state index contributed by atoms with van der Waals surface area (Å²) in [7, 11) is 1.47. The van der Waals surface area contributed by atoms with Gasteiger partial charge >= 0.3 is 6.18 Å². The Hall–Kier alpha value is -1.56. The van der Waals surface area contributed by atoms with Crippen LogP contribution in [0.15, 0.2) is 24.3 Å². The van der Waals surface area contributed by atoms with Gasteiger partial charge in [0.2, 0.25) is 5.91 Å². The average Bonchev–Trinajstić information content (AvgIpc) is 2.36. The molecule has 6 heteroatoms. The van der Waals surface area contributed by atoms with E-state index in [0.717, 1.165) is 6.07 Å². The Morgan fingerprint density at radius 2 is 1.95 bits per heavy atom. The summed E-state index contributed by atoms with van der Waals surface area (Å²) in [4.78, 5) is 13.1. The van der Waals surface area contributed by atoms with Crippen molar-refractivity contribution in [3.63, 3.8) is 0 Å². The van der Waals surface area contributed by atoms with Crippen LogP contribution in [-0.2, 0) is 17.5 Å². The number of rotatable bonds is 4. The maximum atomic E-state index is 12.8. The second kappa shape index (κ2) is 6.06. The molecule has 0 fully saturated rings. The molecule has 106 valence electrons. The molecule has 1 unspecified atom stereocenters. The Morgan fingerprint density at radius 3 is 2.47 bits per heavy atom. The number of hydrogen-bond acceptors (Lipinski definition) is 2. The van der Waals surface area contributed by atoms with Crippen molar-refractivity contribution in [2.24, 2.45) is 11.7 Å². The van der Waals surface area contributed by atoms with Gasteiger partial charge in [0, 0.05) is 26.1 Å². The Labute approximate surface area is 110 Å². The molecule has 19 heavy (non-hydrogen) atoms. The summed E-state index contributed by atoms with van der Waals surface area (Å²) in [6, 6.07) is 5.24. The van der Waals surface area contributed by atoms with Crippen LogP contribution < -0.4 is 5.73 Å². The van der Waals surface area contributed by atoms with Crippen molar-refractivity contribution in [1.29, 1.82) is 0 Å². The summed E-state index contributed by atoms with van der Waals surface area (Å²) >= 11 is 0. The molecule has 1 aromatic rings. The second-order valence-electron chi connectivity index (χ2n) is 4.49. The van der Waals surface area contributed by atoms with E-state index in [0.29, 0.717) is 0 Å². The van der Waals surface area contributed by atoms with E-state index in [9.17, 15) is 18.0 Å².